The van der Waals surface area contributed by atoms with Crippen LogP contribution in [0.15, 0.2) is 86.0 Å². The number of aliphatic hydroxyl groups is 4. The number of benzene rings is 2. The van der Waals surface area contributed by atoms with Crippen LogP contribution >= 0.6 is 70.4 Å². The number of rotatable bonds is 32. The molecular weight excluding hydrogens is 1460 g/mol. The number of unbranched alkanes of at least 4 members (excludes halogenated alkanes) is 2. The molecule has 0 saturated carbocycles. The first-order valence-electron chi connectivity index (χ1n) is 35.8. The molecule has 10 atom stereocenters. The van der Waals surface area contributed by atoms with Crippen LogP contribution in [0, 0.1) is 0 Å². The van der Waals surface area contributed by atoms with Crippen LogP contribution in [0.2, 0.25) is 0 Å². The Kier molecular flexibility index (Phi) is 42.7. The summed E-state index contributed by atoms with van der Waals surface area (Å²) in [6, 6.07) is 19.6. The van der Waals surface area contributed by atoms with E-state index in [9.17, 15) is 14.7 Å². The normalized spacial score (nSPS) is 19.8. The highest BCUT2D eigenvalue weighted by Gasteiger charge is 2.48. The Bertz CT molecular complexity index is 3330. The van der Waals surface area contributed by atoms with Gasteiger partial charge in [0.05, 0.1) is 38.9 Å². The topological polar surface area (TPSA) is 307 Å². The van der Waals surface area contributed by atoms with Crippen LogP contribution in [0.1, 0.15) is 159 Å². The van der Waals surface area contributed by atoms with Crippen LogP contribution in [0.25, 0.3) is 22.3 Å². The van der Waals surface area contributed by atoms with Crippen LogP contribution in [0.3, 0.4) is 0 Å². The number of carbonyl (C=O) groups is 2. The van der Waals surface area contributed by atoms with Crippen molar-refractivity contribution in [2.45, 2.75) is 227 Å². The molecule has 4 unspecified atom stereocenters. The van der Waals surface area contributed by atoms with Gasteiger partial charge in [-0.3, -0.25) is 23.4 Å². The molecule has 4 aromatic heterocycles. The van der Waals surface area contributed by atoms with E-state index in [0.29, 0.717) is 63.9 Å². The molecule has 2 fully saturated rings. The monoisotopic (exact) mass is 1580 g/mol. The van der Waals surface area contributed by atoms with Crippen molar-refractivity contribution < 1.29 is 70.2 Å². The van der Waals surface area contributed by atoms with E-state index in [1.54, 1.807) is 46.8 Å². The van der Waals surface area contributed by atoms with Gasteiger partial charge in [0.1, 0.15) is 48.6 Å². The molecule has 2 amide bonds. The van der Waals surface area contributed by atoms with Crippen LogP contribution in [0.4, 0.5) is 11.6 Å². The predicted molar refractivity (Wildman–Crippen MR) is 427 cm³/mol. The Morgan fingerprint density at radius 3 is 1.46 bits per heavy atom. The quantitative estimate of drug-likeness (QED) is 0.0130. The number of hydrogen-bond donors (Lipinski definition) is 6. The standard InChI is InChI=1S/C33H51N6O6PS2.C19H21N5O5.C8H18OS2.C7H17ClNP.2CH4O.CH4/c1-22(2)39(23(3)4)46(43-17-13-14-18-47-48-33(6,7)8)45-28-24(5)44-32(29(28)41-9)38-21-36-27-30(34-20-35-31(27)38)37-26(40)19-42-25-15-11-10-12-16-25;1-11-15(26)16(27-2)19(29-11)24-10-22-14-17(20-9-21-18(14)24)23-13(25)8-28-12-6-4-3-5-7-12;1-8(2,3)11-10-7-5-4-6-9;1-6(2)9(7(3)4)10(5)8;2*1-2;/h10-12,15-16,20-24,28-29,32H,13-14,17-19H2,1-9H3,(H,34,35,37,40);3-7,9-11,15-16,19,26H,8H2,1-2H3,(H,20,21,23,25);9H,4-7H2,1-3H3;6-7H,1-5H3;2*2H,1H3;1H4/t24-,28+,29?,32-,46?;11-,15+,16?,19-;;;;;/m11...../s1/i5D;1D;;;2*2T;. The van der Waals surface area contributed by atoms with Gasteiger partial charge in [-0.05, 0) is 126 Å². The lowest BCUT2D eigenvalue weighted by Gasteiger charge is -2.38. The maximum absolute atomic E-state index is 12.7. The van der Waals surface area contributed by atoms with Gasteiger partial charge < -0.3 is 68.5 Å². The summed E-state index contributed by atoms with van der Waals surface area (Å²) >= 11 is 6.02. The van der Waals surface area contributed by atoms with Crippen LogP contribution in [0.5, 0.6) is 11.5 Å². The Morgan fingerprint density at radius 2 is 1.08 bits per heavy atom. The number of ether oxygens (including phenoxy) is 6. The van der Waals surface area contributed by atoms with Gasteiger partial charge in [-0.1, -0.05) is 140 Å². The Labute approximate surface area is 641 Å². The number of nitrogens with one attached hydrogen (secondary N) is 2. The molecule has 584 valence electrons. The molecule has 0 aliphatic carbocycles. The third-order valence-electron chi connectivity index (χ3n) is 14.1. The van der Waals surface area contributed by atoms with Crippen molar-refractivity contribution in [2.24, 2.45) is 0 Å². The molecule has 0 spiro atoms. The van der Waals surface area contributed by atoms with Crippen LogP contribution in [-0.2, 0) is 37.6 Å². The number of amides is 2. The maximum Gasteiger partial charge on any atom is 0.263 e. The molecule has 2 aliphatic rings. The van der Waals surface area contributed by atoms with Crippen molar-refractivity contribution in [1.29, 1.82) is 2.86 Å². The Balaban J connectivity index is 0.000000562. The largest absolute Gasteiger partial charge is 0.484 e. The van der Waals surface area contributed by atoms with Crippen molar-refractivity contribution in [3.63, 3.8) is 0 Å². The van der Waals surface area contributed by atoms with E-state index in [0.717, 1.165) is 37.2 Å². The van der Waals surface area contributed by atoms with Crippen molar-refractivity contribution in [1.82, 2.24) is 48.4 Å². The smallest absolute Gasteiger partial charge is 0.263 e. The van der Waals surface area contributed by atoms with E-state index in [-0.39, 0.29) is 68.8 Å². The summed E-state index contributed by atoms with van der Waals surface area (Å²) in [4.78, 5) is 50.9. The molecule has 6 aromatic rings. The number of para-hydroxylation sites is 2. The second kappa shape index (κ2) is 50.0. The van der Waals surface area contributed by atoms with Gasteiger partial charge in [-0.2, -0.15) is 0 Å². The zero-order chi connectivity index (χ0) is 79.1. The molecule has 103 heavy (non-hydrogen) atoms. The molecule has 6 N–H and O–H groups in total. The SMILES string of the molecule is C.CC(C)(C)SSCCCCO.CC(C)N(C(C)C)P(C)Cl.[2H]C[C@H]1O[C@@H](n2cnc3c(NC(=O)COc4ccccc4)ncnc32)C(OC)[C@H]1O.[2H]C[C@H]1O[C@@H](n2cnc3c(NC(=O)COc4ccccc4)ncnc32)C(OC)[C@H]1OP(OCCCCSSC(C)(C)C)N(C(C)C)C(C)C.[3H]OC.[3H]OC. The molecule has 33 heteroatoms. The van der Waals surface area contributed by atoms with E-state index >= 15 is 0 Å². The van der Waals surface area contributed by atoms with Gasteiger partial charge >= 0.3 is 0 Å². The molecule has 2 aliphatic heterocycles. The molecule has 0 bridgehead atoms. The summed E-state index contributed by atoms with van der Waals surface area (Å²) < 4.78 is 83.8. The number of aliphatic hydroxyl groups excluding tert-OH is 4. The lowest BCUT2D eigenvalue weighted by atomic mass is 10.1. The molecule has 26 nitrogen and oxygen atoms in total. The number of carbonyl (C=O) groups excluding carboxylic acids is 2. The zero-order valence-electron chi connectivity index (χ0n) is 66.7. The second-order valence-electron chi connectivity index (χ2n) is 25.8. The number of hydrogen-bond acceptors (Lipinski definition) is 26. The number of nitrogens with zero attached hydrogens (tertiary/aromatic N) is 10. The zero-order valence-corrected chi connectivity index (χ0v) is 68.5. The van der Waals surface area contributed by atoms with Gasteiger partial charge in [-0.15, -0.1) is 0 Å². The average Bonchev–Trinajstić information content (AvgIpc) is 1.62. The predicted octanol–water partition coefficient (Wildman–Crippen LogP) is 14.7. The van der Waals surface area contributed by atoms with E-state index in [1.165, 1.54) is 40.3 Å². The lowest BCUT2D eigenvalue weighted by Crippen LogP contribution is -2.39. The fraction of sp³-hybridized carbons (Fsp3) is 0.657. The summed E-state index contributed by atoms with van der Waals surface area (Å²) in [5.74, 6) is 3.07. The maximum atomic E-state index is 12.7. The number of halogens is 1. The Morgan fingerprint density at radius 1 is 0.660 bits per heavy atom. The van der Waals surface area contributed by atoms with Crippen molar-refractivity contribution in [3.8, 4) is 11.5 Å². The van der Waals surface area contributed by atoms with Crippen molar-refractivity contribution >= 4 is 116 Å². The number of aromatic nitrogens is 8. The fourth-order valence-corrected chi connectivity index (χ4v) is 19.0. The fourth-order valence-electron chi connectivity index (χ4n) is 10.0. The van der Waals surface area contributed by atoms with E-state index in [1.807, 2.05) is 79.6 Å². The van der Waals surface area contributed by atoms with E-state index in [2.05, 4.69) is 164 Å². The molecule has 8 rings (SSSR count). The number of methoxy groups -OCH3 is 2. The summed E-state index contributed by atoms with van der Waals surface area (Å²) in [5.41, 5.74) is 1.58. The average molecular weight is 1580 g/mol. The van der Waals surface area contributed by atoms with Crippen LogP contribution in [-0.4, -0.2) is 227 Å². The molecule has 2 aromatic carbocycles. The summed E-state index contributed by atoms with van der Waals surface area (Å²) in [6.45, 7) is 33.0. The lowest BCUT2D eigenvalue weighted by molar-refractivity contribution is -0.118. The van der Waals surface area contributed by atoms with E-state index in [4.69, 9.17) is 59.4 Å². The van der Waals surface area contributed by atoms with Gasteiger partial charge in [0.2, 0.25) is 2.86 Å². The Hall–Kier alpha value is -3.85. The first kappa shape index (κ1) is 88.1. The van der Waals surface area contributed by atoms with Gasteiger partial charge in [0, 0.05) is 83.0 Å². The number of anilines is 2. The third kappa shape index (κ3) is 32.5. The number of fused-ring (bicyclic) bond motifs is 2. The summed E-state index contributed by atoms with van der Waals surface area (Å²) in [5, 5.41) is 31.3. The molecule has 0 radical (unpaired) electrons. The second-order valence-corrected chi connectivity index (χ2v) is 36.5. The van der Waals surface area contributed by atoms with Gasteiger partial charge in [-0.25, -0.2) is 34.6 Å². The minimum atomic E-state index is -1.50. The highest BCUT2D eigenvalue weighted by Crippen LogP contribution is 2.51. The summed E-state index contributed by atoms with van der Waals surface area (Å²) in [6.07, 6.45) is 4.22. The minimum absolute atomic E-state index is 0. The highest BCUT2D eigenvalue weighted by atomic mass is 35.7. The first-order valence-corrected chi connectivity index (χ1v) is 42.0. The van der Waals surface area contributed by atoms with E-state index < -0.39 is 70.9 Å². The minimum Gasteiger partial charge on any atom is -0.484 e. The third-order valence-corrected chi connectivity index (χ3v) is 25.1. The summed E-state index contributed by atoms with van der Waals surface area (Å²) in [7, 11) is 11.3. The molecular formula is C70H119ClN12O14P2S4. The van der Waals surface area contributed by atoms with Gasteiger partial charge in [0.25, 0.3) is 20.3 Å². The van der Waals surface area contributed by atoms with Crippen molar-refractivity contribution in [3.05, 3.63) is 86.0 Å². The molecule has 6 heterocycles. The first-order chi connectivity index (χ1) is 50.4. The van der Waals surface area contributed by atoms with Crippen LogP contribution < -0.4 is 20.1 Å². The highest BCUT2D eigenvalue weighted by molar-refractivity contribution is 8.77. The van der Waals surface area contributed by atoms with Crippen molar-refractivity contribution in [2.75, 3.05) is 83.7 Å². The molecule has 2 saturated heterocycles. The number of imidazole rings is 2. The van der Waals surface area contributed by atoms with Gasteiger partial charge in [0.15, 0.2) is 59.6 Å².